The molecule has 0 N–H and O–H groups in total. The van der Waals surface area contributed by atoms with Crippen LogP contribution in [0, 0.1) is 0 Å². The van der Waals surface area contributed by atoms with Crippen molar-refractivity contribution in [3.8, 4) is 34.2 Å². The first kappa shape index (κ1) is 63.8. The summed E-state index contributed by atoms with van der Waals surface area (Å²) >= 11 is 0. The van der Waals surface area contributed by atoms with E-state index in [1.165, 1.54) is 22.7 Å². The maximum atomic E-state index is 9.87. The molecule has 0 atom stereocenters. The first-order chi connectivity index (χ1) is 32.3. The van der Waals surface area contributed by atoms with Crippen LogP contribution in [0.5, 0.6) is 0 Å². The van der Waals surface area contributed by atoms with Gasteiger partial charge in [-0.1, -0.05) is 12.1 Å². The van der Waals surface area contributed by atoms with Crippen LogP contribution < -0.4 is 19.6 Å². The Balaban J connectivity index is 0.000000478. The zero-order chi connectivity index (χ0) is 52.9. The predicted molar refractivity (Wildman–Crippen MR) is 264 cm³/mol. The van der Waals surface area contributed by atoms with E-state index in [-0.39, 0.29) is 19.5 Å². The van der Waals surface area contributed by atoms with Gasteiger partial charge < -0.3 is 19.6 Å². The molecule has 396 valence electrons. The van der Waals surface area contributed by atoms with Crippen molar-refractivity contribution in [3.63, 3.8) is 0 Å². The normalized spacial score (nSPS) is 12.7. The molecule has 0 bridgehead atoms. The molecule has 0 saturated heterocycles. The molecule has 10 nitrogen and oxygen atoms in total. The zero-order valence-corrected chi connectivity index (χ0v) is 44.0. The molecule has 0 aliphatic carbocycles. The van der Waals surface area contributed by atoms with Crippen molar-refractivity contribution in [2.75, 3.05) is 72.0 Å². The number of pyridine rings is 6. The molecule has 0 aliphatic heterocycles. The van der Waals surface area contributed by atoms with Crippen LogP contribution in [0.1, 0.15) is 55.4 Å². The molecule has 6 aromatic heterocycles. The molecule has 0 aliphatic rings. The maximum absolute atomic E-state index is 10.7. The van der Waals surface area contributed by atoms with Crippen molar-refractivity contribution in [2.24, 2.45) is 0 Å². The van der Waals surface area contributed by atoms with Gasteiger partial charge in [0.2, 0.25) is 0 Å². The number of nitrogens with zero attached hydrogens (tertiary/aromatic N) is 10. The van der Waals surface area contributed by atoms with Crippen molar-refractivity contribution >= 4 is 38.4 Å². The van der Waals surface area contributed by atoms with Crippen LogP contribution >= 0.6 is 15.6 Å². The second-order valence-corrected chi connectivity index (χ2v) is 18.5. The maximum Gasteiger partial charge on any atom is 2.00 e. The van der Waals surface area contributed by atoms with E-state index < -0.39 is 15.6 Å². The summed E-state index contributed by atoms with van der Waals surface area (Å²) < 4.78 is 118. The first-order valence-corrected chi connectivity index (χ1v) is 26.2. The van der Waals surface area contributed by atoms with E-state index in [0.717, 1.165) is 86.5 Å². The molecular weight excluding hydrogens is 1080 g/mol. The Hall–Kier alpha value is -5.26. The minimum absolute atomic E-state index is 0. The van der Waals surface area contributed by atoms with Gasteiger partial charge in [-0.15, -0.1) is 0 Å². The molecule has 0 fully saturated rings. The Labute approximate surface area is 420 Å². The molecule has 0 unspecified atom stereocenters. The second kappa shape index (κ2) is 25.9. The van der Waals surface area contributed by atoms with Gasteiger partial charge in [0.25, 0.3) is 0 Å². The third kappa shape index (κ3) is 28.4. The molecular formula is C46H60F12N10P2Ru. The second-order valence-electron chi connectivity index (χ2n) is 14.6. The Kier molecular flexibility index (Phi) is 23.3. The largest absolute Gasteiger partial charge is 2.00 e. The summed E-state index contributed by atoms with van der Waals surface area (Å²) in [6.07, 6.45) is 11.0. The van der Waals surface area contributed by atoms with Crippen molar-refractivity contribution in [2.45, 2.75) is 55.4 Å². The van der Waals surface area contributed by atoms with Gasteiger partial charge in [-0.3, -0.25) is 29.9 Å². The summed E-state index contributed by atoms with van der Waals surface area (Å²) in [5.74, 6) is 0. The van der Waals surface area contributed by atoms with Crippen LogP contribution in [0.3, 0.4) is 0 Å². The molecule has 0 aromatic carbocycles. The van der Waals surface area contributed by atoms with Crippen LogP contribution in [0.4, 0.5) is 73.1 Å². The van der Waals surface area contributed by atoms with Crippen LogP contribution in [0.25, 0.3) is 34.2 Å². The molecule has 6 aromatic rings. The molecule has 0 saturated carbocycles. The number of halogens is 12. The summed E-state index contributed by atoms with van der Waals surface area (Å²) in [5, 5.41) is 0. The monoisotopic (exact) mass is 1140 g/mol. The fourth-order valence-electron chi connectivity index (χ4n) is 6.41. The van der Waals surface area contributed by atoms with Gasteiger partial charge >= 0.3 is 85.5 Å². The number of hydrogen-bond acceptors (Lipinski definition) is 10. The SMILES string of the molecule is CCN(CC)c1ccnc(-c2cc(N(CC)CC)ccn2)c1.CCN(CC)c1ccnc(-c2cc(N(CC)CC)ccn2)c1.F[P-](F)(F)(F)(F)F.F[P-](F)(F)(F)(F)F.[Ru+2].c1ccc(-c2ccccn2)nc1. The number of aromatic nitrogens is 6. The van der Waals surface area contributed by atoms with Gasteiger partial charge in [0.1, 0.15) is 0 Å². The smallest absolute Gasteiger partial charge is 0.255 e. The van der Waals surface area contributed by atoms with E-state index in [0.29, 0.717) is 0 Å². The van der Waals surface area contributed by atoms with Crippen LogP contribution in [0.15, 0.2) is 122 Å². The Morgan fingerprint density at radius 1 is 0.296 bits per heavy atom. The zero-order valence-electron chi connectivity index (χ0n) is 40.5. The Morgan fingerprint density at radius 2 is 0.479 bits per heavy atom. The molecule has 0 radical (unpaired) electrons. The average molecular weight is 1140 g/mol. The molecule has 0 amide bonds. The van der Waals surface area contributed by atoms with Crippen molar-refractivity contribution in [1.82, 2.24) is 29.9 Å². The Morgan fingerprint density at radius 3 is 0.634 bits per heavy atom. The summed E-state index contributed by atoms with van der Waals surface area (Å²) in [5.41, 5.74) is 10.3. The van der Waals surface area contributed by atoms with E-state index in [1.807, 2.05) is 61.2 Å². The number of anilines is 4. The fourth-order valence-corrected chi connectivity index (χ4v) is 6.41. The standard InChI is InChI=1S/2C18H26N4.C10H8N2.2F6P.Ru/c2*1-5-21(6-2)15-9-11-19-17(13-15)18-14-16(10-12-20-18)22(7-3)8-4;1-3-7-11-9(5-1)10-6-2-4-8-12-10;2*1-7(2,3,4,5)6;/h2*9-14H,5-8H2,1-4H3;1-8H;;;/q;;;2*-1;+2. The van der Waals surface area contributed by atoms with Gasteiger partial charge in [0, 0.05) is 112 Å². The van der Waals surface area contributed by atoms with Gasteiger partial charge in [-0.25, -0.2) is 0 Å². The third-order valence-corrected chi connectivity index (χ3v) is 9.61. The molecule has 0 spiro atoms. The van der Waals surface area contributed by atoms with Crippen LogP contribution in [0.2, 0.25) is 0 Å². The summed E-state index contributed by atoms with van der Waals surface area (Å²) in [4.78, 5) is 35.7. The molecule has 6 heterocycles. The van der Waals surface area contributed by atoms with Crippen molar-refractivity contribution < 1.29 is 69.8 Å². The van der Waals surface area contributed by atoms with E-state index >= 15 is 0 Å². The van der Waals surface area contributed by atoms with Crippen molar-refractivity contribution in [1.29, 1.82) is 0 Å². The van der Waals surface area contributed by atoms with Crippen molar-refractivity contribution in [3.05, 3.63) is 122 Å². The minimum atomic E-state index is -10.7. The van der Waals surface area contributed by atoms with Gasteiger partial charge in [-0.05, 0) is 128 Å². The van der Waals surface area contributed by atoms with Gasteiger partial charge in [0.15, 0.2) is 0 Å². The molecule has 25 heteroatoms. The average Bonchev–Trinajstić information content (AvgIpc) is 3.30. The van der Waals surface area contributed by atoms with E-state index in [4.69, 9.17) is 0 Å². The molecule has 6 rings (SSSR count). The predicted octanol–water partition coefficient (Wildman–Crippen LogP) is 16.6. The summed E-state index contributed by atoms with van der Waals surface area (Å²) in [6.45, 7) is 25.3. The Bertz CT molecular complexity index is 2170. The molecule has 71 heavy (non-hydrogen) atoms. The van der Waals surface area contributed by atoms with E-state index in [1.54, 1.807) is 12.4 Å². The van der Waals surface area contributed by atoms with Gasteiger partial charge in [0.05, 0.1) is 34.2 Å². The first-order valence-electron chi connectivity index (χ1n) is 22.1. The third-order valence-electron chi connectivity index (χ3n) is 9.61. The van der Waals surface area contributed by atoms with Crippen LogP contribution in [-0.4, -0.2) is 82.3 Å². The minimum Gasteiger partial charge on any atom is -0.255 e. The summed E-state index contributed by atoms with van der Waals surface area (Å²) in [7, 11) is -21.3. The van der Waals surface area contributed by atoms with E-state index in [9.17, 15) is 50.4 Å². The van der Waals surface area contributed by atoms with Crippen LogP contribution in [-0.2, 0) is 19.5 Å². The number of hydrogen-bond donors (Lipinski definition) is 0. The summed E-state index contributed by atoms with van der Waals surface area (Å²) in [6, 6.07) is 28.3. The van der Waals surface area contributed by atoms with Gasteiger partial charge in [-0.2, -0.15) is 0 Å². The number of rotatable bonds is 15. The quantitative estimate of drug-likeness (QED) is 0.0562. The van der Waals surface area contributed by atoms with E-state index in [2.05, 4.69) is 153 Å². The topological polar surface area (TPSA) is 90.3 Å². The fraction of sp³-hybridized carbons (Fsp3) is 0.348.